The van der Waals surface area contributed by atoms with Crippen molar-refractivity contribution in [2.24, 2.45) is 0 Å². The first-order chi connectivity index (χ1) is 13.6. The van der Waals surface area contributed by atoms with Gasteiger partial charge in [-0.2, -0.15) is 0 Å². The molecular weight excluding hydrogens is 348 g/mol. The van der Waals surface area contributed by atoms with Crippen LogP contribution in [0.3, 0.4) is 0 Å². The molecule has 28 heavy (non-hydrogen) atoms. The molecule has 0 N–H and O–H groups in total. The smallest absolute Gasteiger partial charge is 0.213 e. The van der Waals surface area contributed by atoms with E-state index in [1.54, 1.807) is 0 Å². The van der Waals surface area contributed by atoms with Crippen LogP contribution in [-0.4, -0.2) is 46.6 Å². The molecule has 2 atom stereocenters. The molecule has 0 radical (unpaired) electrons. The van der Waals surface area contributed by atoms with Crippen molar-refractivity contribution in [3.63, 3.8) is 0 Å². The zero-order valence-corrected chi connectivity index (χ0v) is 17.4. The minimum atomic E-state index is 0.712. The fourth-order valence-corrected chi connectivity index (χ4v) is 4.46. The Labute approximate surface area is 168 Å². The van der Waals surface area contributed by atoms with E-state index < -0.39 is 0 Å². The van der Waals surface area contributed by atoms with Gasteiger partial charge in [-0.1, -0.05) is 6.07 Å². The van der Waals surface area contributed by atoms with Gasteiger partial charge in [-0.25, -0.2) is 4.98 Å². The van der Waals surface area contributed by atoms with Gasteiger partial charge in [-0.15, -0.1) is 0 Å². The molecule has 2 unspecified atom stereocenters. The molecule has 2 aromatic heterocycles. The topological polar surface area (TPSA) is 41.5 Å². The van der Waals surface area contributed by atoms with E-state index in [0.29, 0.717) is 12.1 Å². The largest absolute Gasteiger partial charge is 0.478 e. The summed E-state index contributed by atoms with van der Waals surface area (Å²) < 4.78 is 5.97. The summed E-state index contributed by atoms with van der Waals surface area (Å²) in [5.74, 6) is 0.770. The van der Waals surface area contributed by atoms with Crippen molar-refractivity contribution in [3.05, 3.63) is 47.4 Å². The summed E-state index contributed by atoms with van der Waals surface area (Å²) in [6.07, 6.45) is 6.62. The van der Waals surface area contributed by atoms with Crippen molar-refractivity contribution in [2.45, 2.75) is 65.1 Å². The van der Waals surface area contributed by atoms with Gasteiger partial charge in [-0.3, -0.25) is 9.88 Å². The lowest BCUT2D eigenvalue weighted by molar-refractivity contribution is 0.190. The number of ether oxygens (including phenoxy) is 1. The molecule has 2 aromatic rings. The number of pyridine rings is 2. The second-order valence-electron chi connectivity index (χ2n) is 8.30. The third kappa shape index (κ3) is 4.30. The van der Waals surface area contributed by atoms with E-state index in [1.807, 2.05) is 19.2 Å². The van der Waals surface area contributed by atoms with Crippen molar-refractivity contribution in [3.8, 4) is 5.88 Å². The van der Waals surface area contributed by atoms with Crippen LogP contribution in [-0.2, 0) is 13.0 Å². The van der Waals surface area contributed by atoms with E-state index in [-0.39, 0.29) is 0 Å². The molecule has 1 saturated heterocycles. The van der Waals surface area contributed by atoms with Crippen LogP contribution in [0.2, 0.25) is 0 Å². The first-order valence-electron chi connectivity index (χ1n) is 10.6. The highest BCUT2D eigenvalue weighted by Gasteiger charge is 2.26. The van der Waals surface area contributed by atoms with Gasteiger partial charge in [-0.05, 0) is 57.7 Å². The Balaban J connectivity index is 1.29. The number of anilines is 1. The Kier molecular flexibility index (Phi) is 5.81. The maximum Gasteiger partial charge on any atom is 0.213 e. The maximum absolute atomic E-state index is 5.97. The monoisotopic (exact) mass is 380 g/mol. The lowest BCUT2D eigenvalue weighted by atomic mass is 10.1. The fourth-order valence-electron chi connectivity index (χ4n) is 4.46. The molecule has 0 amide bonds. The summed E-state index contributed by atoms with van der Waals surface area (Å²) in [5.41, 5.74) is 4.70. The minimum absolute atomic E-state index is 0.712. The molecule has 150 valence electrons. The van der Waals surface area contributed by atoms with E-state index >= 15 is 0 Å². The Morgan fingerprint density at radius 2 is 1.93 bits per heavy atom. The van der Waals surface area contributed by atoms with Crippen molar-refractivity contribution >= 4 is 5.69 Å². The molecule has 2 aliphatic heterocycles. The summed E-state index contributed by atoms with van der Waals surface area (Å²) >= 11 is 0. The van der Waals surface area contributed by atoms with Crippen LogP contribution in [0.15, 0.2) is 30.5 Å². The lowest BCUT2D eigenvalue weighted by Gasteiger charge is -2.30. The van der Waals surface area contributed by atoms with Gasteiger partial charge in [0.2, 0.25) is 5.88 Å². The zero-order valence-electron chi connectivity index (χ0n) is 17.4. The van der Waals surface area contributed by atoms with E-state index in [4.69, 9.17) is 9.72 Å². The van der Waals surface area contributed by atoms with Gasteiger partial charge in [0, 0.05) is 49.9 Å². The van der Waals surface area contributed by atoms with Crippen LogP contribution < -0.4 is 9.64 Å². The highest BCUT2D eigenvalue weighted by molar-refractivity contribution is 5.47. The highest BCUT2D eigenvalue weighted by Crippen LogP contribution is 2.25. The lowest BCUT2D eigenvalue weighted by Crippen LogP contribution is -2.34. The minimum Gasteiger partial charge on any atom is -0.478 e. The molecule has 0 saturated carbocycles. The van der Waals surface area contributed by atoms with Crippen molar-refractivity contribution in [2.75, 3.05) is 24.6 Å². The predicted molar refractivity (Wildman–Crippen MR) is 113 cm³/mol. The second-order valence-corrected chi connectivity index (χ2v) is 8.30. The Morgan fingerprint density at radius 1 is 1.11 bits per heavy atom. The van der Waals surface area contributed by atoms with Crippen LogP contribution in [0.5, 0.6) is 5.88 Å². The molecule has 0 aromatic carbocycles. The zero-order chi connectivity index (χ0) is 19.5. The molecule has 5 heteroatoms. The number of fused-ring (bicyclic) bond motifs is 1. The van der Waals surface area contributed by atoms with E-state index in [2.05, 4.69) is 46.8 Å². The standard InChI is InChI=1S/C23H32N4O/c1-17-5-9-21(15-24-17)26-13-11-22-20(16-26)8-10-23(25-22)28-14-4-12-27-18(2)6-7-19(27)3/h5,8-10,15,18-19H,4,6-7,11-14,16H2,1-3H3. The number of likely N-dealkylation sites (tertiary alicyclic amines) is 1. The Hall–Kier alpha value is -2.14. The molecule has 0 aliphatic carbocycles. The summed E-state index contributed by atoms with van der Waals surface area (Å²) in [5, 5.41) is 0. The number of aromatic nitrogens is 2. The SMILES string of the molecule is Cc1ccc(N2CCc3nc(OCCCN4C(C)CCC4C)ccc3C2)cn1. The number of rotatable bonds is 6. The number of hydrogen-bond donors (Lipinski definition) is 0. The summed E-state index contributed by atoms with van der Waals surface area (Å²) in [6.45, 7) is 10.4. The average molecular weight is 381 g/mol. The quantitative estimate of drug-likeness (QED) is 0.709. The van der Waals surface area contributed by atoms with Crippen LogP contribution in [0.4, 0.5) is 5.69 Å². The maximum atomic E-state index is 5.97. The van der Waals surface area contributed by atoms with Gasteiger partial charge in [0.05, 0.1) is 24.2 Å². The van der Waals surface area contributed by atoms with Crippen LogP contribution >= 0.6 is 0 Å². The average Bonchev–Trinajstić information content (AvgIpc) is 3.03. The van der Waals surface area contributed by atoms with Gasteiger partial charge >= 0.3 is 0 Å². The summed E-state index contributed by atoms with van der Waals surface area (Å²) in [7, 11) is 0. The second kappa shape index (κ2) is 8.48. The molecule has 2 aliphatic rings. The molecule has 4 heterocycles. The predicted octanol–water partition coefficient (Wildman–Crippen LogP) is 3.99. The third-order valence-corrected chi connectivity index (χ3v) is 6.23. The molecular formula is C23H32N4O. The van der Waals surface area contributed by atoms with Crippen molar-refractivity contribution < 1.29 is 4.74 Å². The fraction of sp³-hybridized carbons (Fsp3) is 0.565. The molecule has 0 bridgehead atoms. The van der Waals surface area contributed by atoms with Crippen molar-refractivity contribution in [1.82, 2.24) is 14.9 Å². The van der Waals surface area contributed by atoms with E-state index in [1.165, 1.54) is 29.8 Å². The highest BCUT2D eigenvalue weighted by atomic mass is 16.5. The first-order valence-corrected chi connectivity index (χ1v) is 10.6. The molecule has 0 spiro atoms. The first kappa shape index (κ1) is 19.2. The number of hydrogen-bond acceptors (Lipinski definition) is 5. The van der Waals surface area contributed by atoms with Crippen LogP contribution in [0, 0.1) is 6.92 Å². The summed E-state index contributed by atoms with van der Waals surface area (Å²) in [6, 6.07) is 9.85. The van der Waals surface area contributed by atoms with Gasteiger partial charge in [0.25, 0.3) is 0 Å². The van der Waals surface area contributed by atoms with Crippen LogP contribution in [0.1, 0.15) is 50.1 Å². The normalized spacial score (nSPS) is 22.3. The molecule has 4 rings (SSSR count). The summed E-state index contributed by atoms with van der Waals surface area (Å²) in [4.78, 5) is 14.2. The number of aryl methyl sites for hydroxylation is 1. The number of nitrogens with zero attached hydrogens (tertiary/aromatic N) is 4. The van der Waals surface area contributed by atoms with Crippen LogP contribution in [0.25, 0.3) is 0 Å². The Bertz CT molecular complexity index is 782. The van der Waals surface area contributed by atoms with Gasteiger partial charge < -0.3 is 9.64 Å². The Morgan fingerprint density at radius 3 is 2.68 bits per heavy atom. The third-order valence-electron chi connectivity index (χ3n) is 6.23. The molecule has 5 nitrogen and oxygen atoms in total. The van der Waals surface area contributed by atoms with Gasteiger partial charge in [0.15, 0.2) is 0 Å². The van der Waals surface area contributed by atoms with Gasteiger partial charge in [0.1, 0.15) is 0 Å². The van der Waals surface area contributed by atoms with E-state index in [9.17, 15) is 0 Å². The van der Waals surface area contributed by atoms with Crippen molar-refractivity contribution in [1.29, 1.82) is 0 Å². The molecule has 1 fully saturated rings. The van der Waals surface area contributed by atoms with E-state index in [0.717, 1.165) is 50.7 Å².